The highest BCUT2D eigenvalue weighted by Crippen LogP contribution is 2.00. The molecule has 0 rings (SSSR count). The highest BCUT2D eigenvalue weighted by molar-refractivity contribution is 4.51. The first-order chi connectivity index (χ1) is 18.4. The van der Waals surface area contributed by atoms with E-state index in [4.69, 9.17) is 56.2 Å². The molecule has 39 heavy (non-hydrogen) atoms. The van der Waals surface area contributed by atoms with E-state index in [9.17, 15) is 0 Å². The summed E-state index contributed by atoms with van der Waals surface area (Å²) in [5.41, 5.74) is 0. The molecule has 0 fully saturated rings. The van der Waals surface area contributed by atoms with E-state index >= 15 is 0 Å². The van der Waals surface area contributed by atoms with Crippen LogP contribution in [0.1, 0.15) is 106 Å². The molecule has 0 radical (unpaired) electrons. The molecule has 0 aliphatic rings. The van der Waals surface area contributed by atoms with Gasteiger partial charge in [-0.15, -0.1) is 0 Å². The first kappa shape index (κ1) is 51.3. The van der Waals surface area contributed by atoms with Crippen LogP contribution < -0.4 is 0 Å². The van der Waals surface area contributed by atoms with Gasteiger partial charge in [0.1, 0.15) is 0 Å². The van der Waals surface area contributed by atoms with E-state index in [1.54, 1.807) is 27.7 Å². The van der Waals surface area contributed by atoms with Crippen molar-refractivity contribution in [2.45, 2.75) is 130 Å². The molecule has 0 saturated carbocycles. The van der Waals surface area contributed by atoms with E-state index in [-0.39, 0.29) is 51.5 Å². The lowest BCUT2D eigenvalue weighted by Crippen LogP contribution is -2.17. The van der Waals surface area contributed by atoms with Crippen LogP contribution in [0.4, 0.5) is 0 Å². The molecule has 0 amide bonds. The largest absolute Gasteiger partial charge is 0.396 e. The molecule has 4 atom stereocenters. The molecule has 0 aromatic heterocycles. The van der Waals surface area contributed by atoms with E-state index in [0.29, 0.717) is 19.6 Å². The first-order valence-corrected chi connectivity index (χ1v) is 14.3. The van der Waals surface area contributed by atoms with Crippen LogP contribution in [0.15, 0.2) is 0 Å². The lowest BCUT2D eigenvalue weighted by Gasteiger charge is -2.03. The van der Waals surface area contributed by atoms with Gasteiger partial charge in [0.2, 0.25) is 0 Å². The third-order valence-electron chi connectivity index (χ3n) is 4.56. The first-order valence-electron chi connectivity index (χ1n) is 14.3. The minimum Gasteiger partial charge on any atom is -0.396 e. The molecular weight excluding hydrogens is 512 g/mol. The van der Waals surface area contributed by atoms with Gasteiger partial charge < -0.3 is 56.2 Å². The molecule has 11 heteroatoms. The van der Waals surface area contributed by atoms with Crippen LogP contribution in [-0.4, -0.2) is 127 Å². The average molecular weight is 581 g/mol. The highest BCUT2D eigenvalue weighted by atomic mass is 16.3. The molecule has 0 saturated heterocycles. The number of aliphatic hydroxyl groups is 11. The molecule has 4 unspecified atom stereocenters. The zero-order chi connectivity index (χ0) is 31.9. The summed E-state index contributed by atoms with van der Waals surface area (Å²) < 4.78 is 0. The van der Waals surface area contributed by atoms with Gasteiger partial charge in [0, 0.05) is 45.6 Å². The number of unbranched alkanes of at least 4 members (excludes halogenated alkanes) is 6. The smallest absolute Gasteiger partial charge is 0.0792 e. The minimum absolute atomic E-state index is 0.0463. The summed E-state index contributed by atoms with van der Waals surface area (Å²) in [7, 11) is 0. The van der Waals surface area contributed by atoms with Crippen molar-refractivity contribution < 1.29 is 56.2 Å². The van der Waals surface area contributed by atoms with Gasteiger partial charge in [0.05, 0.1) is 31.0 Å². The van der Waals surface area contributed by atoms with Gasteiger partial charge >= 0.3 is 0 Å². The Kier molecular flexibility index (Phi) is 66.3. The normalized spacial score (nSPS) is 12.8. The van der Waals surface area contributed by atoms with Crippen molar-refractivity contribution in [3.63, 3.8) is 0 Å². The van der Waals surface area contributed by atoms with Crippen LogP contribution in [0, 0.1) is 5.92 Å². The van der Waals surface area contributed by atoms with Crippen LogP contribution in [0.5, 0.6) is 0 Å². The third-order valence-corrected chi connectivity index (χ3v) is 4.56. The fraction of sp³-hybridized carbons (Fsp3) is 1.00. The average Bonchev–Trinajstić information content (AvgIpc) is 2.91. The van der Waals surface area contributed by atoms with E-state index in [1.165, 1.54) is 32.1 Å². The van der Waals surface area contributed by atoms with Crippen molar-refractivity contribution in [2.24, 2.45) is 5.92 Å². The van der Waals surface area contributed by atoms with Crippen molar-refractivity contribution in [3.05, 3.63) is 0 Å². The summed E-state index contributed by atoms with van der Waals surface area (Å²) >= 11 is 0. The Morgan fingerprint density at radius 2 is 0.795 bits per heavy atom. The maximum atomic E-state index is 8.45. The maximum Gasteiger partial charge on any atom is 0.0792 e. The van der Waals surface area contributed by atoms with Gasteiger partial charge in [-0.2, -0.15) is 0 Å². The summed E-state index contributed by atoms with van der Waals surface area (Å²) in [4.78, 5) is 0. The molecule has 11 N–H and O–H groups in total. The van der Waals surface area contributed by atoms with Crippen molar-refractivity contribution in [1.82, 2.24) is 0 Å². The maximum absolute atomic E-state index is 8.45. The molecule has 11 nitrogen and oxygen atoms in total. The second kappa shape index (κ2) is 50.4. The number of rotatable bonds is 16. The standard InChI is InChI=1S/C7H16O.C5H12O.C4H10O3.3C4H10O2/c1-2-3-4-5-6-7-8;1-2-3-4-5-6;5-2-1-4(7)3-6;1-4(2-5)3-6;1-4(6)2-3-5;1-3(5)4(2)6/h8H,2-7H2,1H3;6H,2-5H2,1H3;4-7H,1-3H2;2*4-6H,2-3H2,1H3;3-6H,1-2H3. The summed E-state index contributed by atoms with van der Waals surface area (Å²) in [5, 5.41) is 90.8. The van der Waals surface area contributed by atoms with Gasteiger partial charge in [0.25, 0.3) is 0 Å². The fourth-order valence-electron chi connectivity index (χ4n) is 1.56. The van der Waals surface area contributed by atoms with Gasteiger partial charge in [-0.3, -0.25) is 0 Å². The summed E-state index contributed by atoms with van der Waals surface area (Å²) in [6, 6.07) is 0. The molecule has 0 aliphatic carbocycles. The Bertz CT molecular complexity index is 327. The number of hydrogen-bond donors (Lipinski definition) is 11. The van der Waals surface area contributed by atoms with Crippen LogP contribution >= 0.6 is 0 Å². The van der Waals surface area contributed by atoms with Crippen LogP contribution in [0.25, 0.3) is 0 Å². The SMILES string of the molecule is CC(CO)CO.CC(O)C(C)O.CC(O)CCO.CCCCCCCO.CCCCCO.OCCC(O)CO. The lowest BCUT2D eigenvalue weighted by atomic mass is 10.2. The quantitative estimate of drug-likeness (QED) is 0.115. The summed E-state index contributed by atoms with van der Waals surface area (Å²) in [6.07, 6.45) is 7.87. The van der Waals surface area contributed by atoms with Crippen molar-refractivity contribution in [1.29, 1.82) is 0 Å². The zero-order valence-corrected chi connectivity index (χ0v) is 25.8. The Balaban J connectivity index is -0.0000000841. The van der Waals surface area contributed by atoms with E-state index < -0.39 is 18.3 Å². The fourth-order valence-corrected chi connectivity index (χ4v) is 1.56. The molecule has 0 bridgehead atoms. The molecule has 246 valence electrons. The lowest BCUT2D eigenvalue weighted by molar-refractivity contribution is 0.0438. The van der Waals surface area contributed by atoms with Crippen molar-refractivity contribution >= 4 is 0 Å². The van der Waals surface area contributed by atoms with E-state index in [2.05, 4.69) is 13.8 Å². The Hall–Kier alpha value is -0.440. The van der Waals surface area contributed by atoms with Gasteiger partial charge in [-0.1, -0.05) is 59.3 Å². The molecule has 0 aromatic rings. The zero-order valence-electron chi connectivity index (χ0n) is 25.8. The molecule has 0 aromatic carbocycles. The molecule has 0 spiro atoms. The number of aliphatic hydroxyl groups excluding tert-OH is 11. The van der Waals surface area contributed by atoms with Crippen LogP contribution in [-0.2, 0) is 0 Å². The van der Waals surface area contributed by atoms with Crippen LogP contribution in [0.3, 0.4) is 0 Å². The predicted molar refractivity (Wildman–Crippen MR) is 157 cm³/mol. The summed E-state index contributed by atoms with van der Waals surface area (Å²) in [5.74, 6) is 0.0463. The van der Waals surface area contributed by atoms with Gasteiger partial charge in [0.15, 0.2) is 0 Å². The van der Waals surface area contributed by atoms with Gasteiger partial charge in [-0.05, 0) is 46.5 Å². The Morgan fingerprint density at radius 1 is 0.436 bits per heavy atom. The monoisotopic (exact) mass is 580 g/mol. The van der Waals surface area contributed by atoms with Crippen molar-refractivity contribution in [3.8, 4) is 0 Å². The Morgan fingerprint density at radius 3 is 0.949 bits per heavy atom. The second-order valence-corrected chi connectivity index (χ2v) is 9.23. The second-order valence-electron chi connectivity index (χ2n) is 9.23. The van der Waals surface area contributed by atoms with E-state index in [1.807, 2.05) is 0 Å². The summed E-state index contributed by atoms with van der Waals surface area (Å²) in [6.45, 7) is 11.5. The Labute approximate surface area is 238 Å². The highest BCUT2D eigenvalue weighted by Gasteiger charge is 1.99. The molecule has 0 aliphatic heterocycles. The van der Waals surface area contributed by atoms with Crippen molar-refractivity contribution in [2.75, 3.05) is 46.2 Å². The van der Waals surface area contributed by atoms with Crippen LogP contribution in [0.2, 0.25) is 0 Å². The molecule has 0 heterocycles. The molecular formula is C28H68O11. The van der Waals surface area contributed by atoms with E-state index in [0.717, 1.165) is 19.3 Å². The third kappa shape index (κ3) is 85.6. The number of hydrogen-bond acceptors (Lipinski definition) is 11. The minimum atomic E-state index is -0.745. The van der Waals surface area contributed by atoms with Gasteiger partial charge in [-0.25, -0.2) is 0 Å². The predicted octanol–water partition coefficient (Wildman–Crippen LogP) is 0.945. The topological polar surface area (TPSA) is 223 Å².